The summed E-state index contributed by atoms with van der Waals surface area (Å²) in [4.78, 5) is 0.268. The van der Waals surface area contributed by atoms with Crippen molar-refractivity contribution in [2.45, 2.75) is 49.6 Å². The van der Waals surface area contributed by atoms with Gasteiger partial charge in [-0.3, -0.25) is 0 Å². The van der Waals surface area contributed by atoms with E-state index in [0.717, 1.165) is 24.8 Å². The molecule has 0 aliphatic carbocycles. The summed E-state index contributed by atoms with van der Waals surface area (Å²) in [6.07, 6.45) is 3.26. The van der Waals surface area contributed by atoms with Gasteiger partial charge in [0.15, 0.2) is 0 Å². The van der Waals surface area contributed by atoms with E-state index in [9.17, 15) is 13.5 Å². The lowest BCUT2D eigenvalue weighted by atomic mass is 10.1. The molecule has 0 saturated carbocycles. The fourth-order valence-electron chi connectivity index (χ4n) is 2.75. The number of aliphatic hydroxyl groups is 1. The van der Waals surface area contributed by atoms with E-state index in [1.165, 1.54) is 4.31 Å². The highest BCUT2D eigenvalue weighted by Crippen LogP contribution is 2.26. The predicted octanol–water partition coefficient (Wildman–Crippen LogP) is 1.63. The van der Waals surface area contributed by atoms with Crippen LogP contribution in [0.5, 0.6) is 0 Å². The van der Waals surface area contributed by atoms with Crippen LogP contribution in [0.25, 0.3) is 0 Å². The summed E-state index contributed by atoms with van der Waals surface area (Å²) in [5.41, 5.74) is 6.82. The first-order valence-electron chi connectivity index (χ1n) is 7.49. The smallest absolute Gasteiger partial charge is 0.243 e. The van der Waals surface area contributed by atoms with Crippen LogP contribution in [0, 0.1) is 0 Å². The Bertz CT molecular complexity index is 574. The van der Waals surface area contributed by atoms with Crippen molar-refractivity contribution in [2.24, 2.45) is 5.73 Å². The molecule has 6 heteroatoms. The highest BCUT2D eigenvalue weighted by atomic mass is 32.2. The number of sulfonamides is 1. The molecule has 0 bridgehead atoms. The summed E-state index contributed by atoms with van der Waals surface area (Å²) >= 11 is 0. The Morgan fingerprint density at radius 3 is 2.86 bits per heavy atom. The van der Waals surface area contributed by atoms with Crippen molar-refractivity contribution in [3.63, 3.8) is 0 Å². The molecular weight excluding hydrogens is 288 g/mol. The van der Waals surface area contributed by atoms with Gasteiger partial charge in [0.05, 0.1) is 11.5 Å². The van der Waals surface area contributed by atoms with Crippen molar-refractivity contribution in [2.75, 3.05) is 13.2 Å². The Hall–Kier alpha value is -0.950. The first kappa shape index (κ1) is 16.4. The number of nitrogens with two attached hydrogens (primary N) is 1. The van der Waals surface area contributed by atoms with Crippen LogP contribution in [0.4, 0.5) is 0 Å². The van der Waals surface area contributed by atoms with Crippen LogP contribution < -0.4 is 5.73 Å². The molecule has 2 unspecified atom stereocenters. The first-order valence-corrected chi connectivity index (χ1v) is 8.93. The Morgan fingerprint density at radius 1 is 1.43 bits per heavy atom. The Kier molecular flexibility index (Phi) is 5.37. The summed E-state index contributed by atoms with van der Waals surface area (Å²) in [7, 11) is -3.57. The van der Waals surface area contributed by atoms with Gasteiger partial charge >= 0.3 is 0 Å². The zero-order valence-corrected chi connectivity index (χ0v) is 13.2. The third kappa shape index (κ3) is 3.45. The predicted molar refractivity (Wildman–Crippen MR) is 82.3 cm³/mol. The number of aliphatic hydroxyl groups excluding tert-OH is 1. The van der Waals surface area contributed by atoms with Gasteiger partial charge in [-0.2, -0.15) is 4.31 Å². The number of rotatable bonds is 5. The highest BCUT2D eigenvalue weighted by Gasteiger charge is 2.33. The molecule has 3 N–H and O–H groups in total. The van der Waals surface area contributed by atoms with Gasteiger partial charge in [-0.25, -0.2) is 8.42 Å². The van der Waals surface area contributed by atoms with Crippen LogP contribution in [-0.2, 0) is 10.0 Å². The SMILES string of the molecule is CCC(N)c1cccc(S(=O)(=O)N2CCCCC2CO)c1. The van der Waals surface area contributed by atoms with E-state index in [0.29, 0.717) is 13.0 Å². The highest BCUT2D eigenvalue weighted by molar-refractivity contribution is 7.89. The van der Waals surface area contributed by atoms with Crippen LogP contribution in [0.1, 0.15) is 44.2 Å². The molecule has 118 valence electrons. The van der Waals surface area contributed by atoms with Crippen LogP contribution in [-0.4, -0.2) is 37.0 Å². The van der Waals surface area contributed by atoms with E-state index < -0.39 is 10.0 Å². The Balaban J connectivity index is 2.34. The third-order valence-electron chi connectivity index (χ3n) is 4.12. The Morgan fingerprint density at radius 2 is 2.19 bits per heavy atom. The number of nitrogens with zero attached hydrogens (tertiary/aromatic N) is 1. The topological polar surface area (TPSA) is 83.6 Å². The number of piperidine rings is 1. The summed E-state index contributed by atoms with van der Waals surface area (Å²) < 4.78 is 27.0. The molecular formula is C15H24N2O3S. The van der Waals surface area contributed by atoms with Crippen LogP contribution in [0.3, 0.4) is 0 Å². The van der Waals surface area contributed by atoms with Gasteiger partial charge in [0.1, 0.15) is 0 Å². The quantitative estimate of drug-likeness (QED) is 0.865. The molecule has 1 aliphatic heterocycles. The summed E-state index contributed by atoms with van der Waals surface area (Å²) in [5, 5.41) is 9.43. The molecule has 5 nitrogen and oxygen atoms in total. The minimum Gasteiger partial charge on any atom is -0.395 e. The van der Waals surface area contributed by atoms with E-state index in [1.54, 1.807) is 18.2 Å². The summed E-state index contributed by atoms with van der Waals surface area (Å²) in [5.74, 6) is 0. The van der Waals surface area contributed by atoms with Gasteiger partial charge in [-0.15, -0.1) is 0 Å². The molecule has 21 heavy (non-hydrogen) atoms. The number of hydrogen-bond acceptors (Lipinski definition) is 4. The molecule has 1 aromatic rings. The second-order valence-electron chi connectivity index (χ2n) is 5.54. The van der Waals surface area contributed by atoms with E-state index in [1.807, 2.05) is 13.0 Å². The maximum absolute atomic E-state index is 12.8. The number of benzene rings is 1. The number of hydrogen-bond donors (Lipinski definition) is 2. The van der Waals surface area contributed by atoms with Crippen molar-refractivity contribution >= 4 is 10.0 Å². The minimum atomic E-state index is -3.57. The van der Waals surface area contributed by atoms with Gasteiger partial charge < -0.3 is 10.8 Å². The van der Waals surface area contributed by atoms with Crippen molar-refractivity contribution in [3.05, 3.63) is 29.8 Å². The summed E-state index contributed by atoms with van der Waals surface area (Å²) in [6, 6.07) is 6.38. The lowest BCUT2D eigenvalue weighted by Gasteiger charge is -2.33. The van der Waals surface area contributed by atoms with E-state index in [4.69, 9.17) is 5.73 Å². The monoisotopic (exact) mass is 312 g/mol. The van der Waals surface area contributed by atoms with Gasteiger partial charge in [0.25, 0.3) is 0 Å². The van der Waals surface area contributed by atoms with Gasteiger partial charge in [-0.05, 0) is 37.0 Å². The van der Waals surface area contributed by atoms with Crippen molar-refractivity contribution in [3.8, 4) is 0 Å². The molecule has 1 aromatic carbocycles. The molecule has 2 atom stereocenters. The van der Waals surface area contributed by atoms with Gasteiger partial charge in [0, 0.05) is 18.6 Å². The molecule has 1 aliphatic rings. The zero-order valence-electron chi connectivity index (χ0n) is 12.4. The lowest BCUT2D eigenvalue weighted by molar-refractivity contribution is 0.155. The molecule has 0 aromatic heterocycles. The molecule has 1 heterocycles. The molecule has 2 rings (SSSR count). The summed E-state index contributed by atoms with van der Waals surface area (Å²) in [6.45, 7) is 2.31. The van der Waals surface area contributed by atoms with E-state index >= 15 is 0 Å². The average molecular weight is 312 g/mol. The minimum absolute atomic E-state index is 0.132. The normalized spacial score (nSPS) is 22.1. The van der Waals surface area contributed by atoms with E-state index in [-0.39, 0.29) is 23.6 Å². The van der Waals surface area contributed by atoms with Gasteiger partial charge in [0.2, 0.25) is 10.0 Å². The molecule has 1 saturated heterocycles. The van der Waals surface area contributed by atoms with Crippen LogP contribution in [0.15, 0.2) is 29.2 Å². The maximum Gasteiger partial charge on any atom is 0.243 e. The van der Waals surface area contributed by atoms with Crippen molar-refractivity contribution < 1.29 is 13.5 Å². The van der Waals surface area contributed by atoms with Crippen molar-refractivity contribution in [1.29, 1.82) is 0 Å². The first-order chi connectivity index (χ1) is 10.0. The average Bonchev–Trinajstić information content (AvgIpc) is 2.54. The maximum atomic E-state index is 12.8. The largest absolute Gasteiger partial charge is 0.395 e. The Labute approximate surface area is 126 Å². The lowest BCUT2D eigenvalue weighted by Crippen LogP contribution is -2.45. The molecule has 0 spiro atoms. The zero-order chi connectivity index (χ0) is 15.5. The molecule has 0 amide bonds. The fraction of sp³-hybridized carbons (Fsp3) is 0.600. The van der Waals surface area contributed by atoms with Crippen LogP contribution >= 0.6 is 0 Å². The second kappa shape index (κ2) is 6.87. The molecule has 0 radical (unpaired) electrons. The fourth-order valence-corrected chi connectivity index (χ4v) is 4.49. The third-order valence-corrected chi connectivity index (χ3v) is 6.06. The van der Waals surface area contributed by atoms with Gasteiger partial charge in [-0.1, -0.05) is 25.5 Å². The molecule has 1 fully saturated rings. The standard InChI is InChI=1S/C15H24N2O3S/c1-2-15(16)12-6-5-8-14(10-12)21(19,20)17-9-4-3-7-13(17)11-18/h5-6,8,10,13,15,18H,2-4,7,9,11,16H2,1H3. The second-order valence-corrected chi connectivity index (χ2v) is 7.43. The van der Waals surface area contributed by atoms with Crippen LogP contribution in [0.2, 0.25) is 0 Å². The van der Waals surface area contributed by atoms with E-state index in [2.05, 4.69) is 0 Å². The van der Waals surface area contributed by atoms with Crippen molar-refractivity contribution in [1.82, 2.24) is 4.31 Å².